The van der Waals surface area contributed by atoms with Crippen LogP contribution in [0.15, 0.2) is 18.2 Å². The summed E-state index contributed by atoms with van der Waals surface area (Å²) in [5.41, 5.74) is 1.05. The highest BCUT2D eigenvalue weighted by molar-refractivity contribution is 5.99. The van der Waals surface area contributed by atoms with Gasteiger partial charge in [0.1, 0.15) is 11.8 Å². The molecule has 1 saturated heterocycles. The lowest BCUT2D eigenvalue weighted by Gasteiger charge is -2.24. The fraction of sp³-hybridized carbons (Fsp3) is 0.500. The molecule has 1 aliphatic heterocycles. The molecular formula is C16H19NO4. The lowest BCUT2D eigenvalue weighted by atomic mass is 9.94. The van der Waals surface area contributed by atoms with E-state index in [0.29, 0.717) is 6.54 Å². The van der Waals surface area contributed by atoms with Crippen LogP contribution in [0, 0.1) is 18.8 Å². The zero-order valence-corrected chi connectivity index (χ0v) is 12.0. The summed E-state index contributed by atoms with van der Waals surface area (Å²) in [4.78, 5) is 25.6. The Morgan fingerprint density at radius 1 is 1.29 bits per heavy atom. The highest BCUT2D eigenvalue weighted by atomic mass is 16.4. The van der Waals surface area contributed by atoms with E-state index >= 15 is 0 Å². The second-order valence-corrected chi connectivity index (χ2v) is 6.12. The van der Waals surface area contributed by atoms with Gasteiger partial charge in [-0.05, 0) is 49.3 Å². The fourth-order valence-corrected chi connectivity index (χ4v) is 3.81. The molecule has 0 bridgehead atoms. The molecule has 0 radical (unpaired) electrons. The number of hydrogen-bond donors (Lipinski definition) is 2. The van der Waals surface area contributed by atoms with E-state index < -0.39 is 12.0 Å². The molecule has 1 aromatic carbocycles. The number of hydrogen-bond acceptors (Lipinski definition) is 3. The summed E-state index contributed by atoms with van der Waals surface area (Å²) in [5, 5.41) is 19.4. The summed E-state index contributed by atoms with van der Waals surface area (Å²) >= 11 is 0. The quantitative estimate of drug-likeness (QED) is 0.873. The lowest BCUT2D eigenvalue weighted by Crippen LogP contribution is -2.43. The van der Waals surface area contributed by atoms with Crippen LogP contribution in [0.4, 0.5) is 0 Å². The molecule has 2 N–H and O–H groups in total. The van der Waals surface area contributed by atoms with Gasteiger partial charge in [0.2, 0.25) is 0 Å². The van der Waals surface area contributed by atoms with Gasteiger partial charge in [-0.2, -0.15) is 0 Å². The van der Waals surface area contributed by atoms with Crippen LogP contribution in [0.1, 0.15) is 35.2 Å². The van der Waals surface area contributed by atoms with Crippen molar-refractivity contribution >= 4 is 11.9 Å². The van der Waals surface area contributed by atoms with Crippen LogP contribution < -0.4 is 0 Å². The van der Waals surface area contributed by atoms with Gasteiger partial charge in [-0.15, -0.1) is 0 Å². The van der Waals surface area contributed by atoms with E-state index in [-0.39, 0.29) is 29.1 Å². The van der Waals surface area contributed by atoms with E-state index in [9.17, 15) is 19.8 Å². The van der Waals surface area contributed by atoms with Crippen molar-refractivity contribution in [3.8, 4) is 5.75 Å². The number of benzene rings is 1. The number of aliphatic carboxylic acids is 1. The average Bonchev–Trinajstić information content (AvgIpc) is 2.96. The van der Waals surface area contributed by atoms with Gasteiger partial charge in [-0.25, -0.2) is 4.79 Å². The first-order chi connectivity index (χ1) is 9.99. The zero-order chi connectivity index (χ0) is 15.1. The van der Waals surface area contributed by atoms with Crippen molar-refractivity contribution in [1.82, 2.24) is 4.90 Å². The van der Waals surface area contributed by atoms with Crippen LogP contribution >= 0.6 is 0 Å². The number of carboxylic acids is 1. The number of likely N-dealkylation sites (tertiary alicyclic amines) is 1. The fourth-order valence-electron chi connectivity index (χ4n) is 3.81. The molecule has 1 aliphatic carbocycles. The Morgan fingerprint density at radius 2 is 2.05 bits per heavy atom. The molecule has 5 nitrogen and oxygen atoms in total. The number of nitrogens with zero attached hydrogens (tertiary/aromatic N) is 1. The summed E-state index contributed by atoms with van der Waals surface area (Å²) in [6.45, 7) is 2.31. The number of aryl methyl sites for hydroxylation is 1. The Morgan fingerprint density at radius 3 is 2.71 bits per heavy atom. The van der Waals surface area contributed by atoms with E-state index in [1.807, 2.05) is 6.92 Å². The molecule has 21 heavy (non-hydrogen) atoms. The number of phenolic OH excluding ortho intramolecular Hbond substituents is 1. The second kappa shape index (κ2) is 5.06. The standard InChI is InChI=1S/C16H19NO4/c1-9-5-6-12(13(18)7-9)15(19)17-8-10-3-2-4-11(10)14(17)16(20)21/h5-7,10-11,14,18H,2-4,8H2,1H3,(H,20,21)/t10-,11+,14-/m0/s1. The summed E-state index contributed by atoms with van der Waals surface area (Å²) in [6.07, 6.45) is 2.89. The van der Waals surface area contributed by atoms with Crippen LogP contribution in [0.5, 0.6) is 5.75 Å². The molecule has 0 spiro atoms. The van der Waals surface area contributed by atoms with Gasteiger partial charge < -0.3 is 15.1 Å². The predicted octanol–water partition coefficient (Wildman–Crippen LogP) is 2.03. The van der Waals surface area contributed by atoms with Crippen molar-refractivity contribution in [2.24, 2.45) is 11.8 Å². The first kappa shape index (κ1) is 13.9. The minimum Gasteiger partial charge on any atom is -0.507 e. The Hall–Kier alpha value is -2.04. The minimum absolute atomic E-state index is 0.0547. The molecule has 5 heteroatoms. The molecule has 0 aromatic heterocycles. The Balaban J connectivity index is 1.91. The van der Waals surface area contributed by atoms with Crippen molar-refractivity contribution in [3.63, 3.8) is 0 Å². The number of phenols is 1. The van der Waals surface area contributed by atoms with Gasteiger partial charge in [0, 0.05) is 6.54 Å². The normalized spacial score (nSPS) is 27.7. The van der Waals surface area contributed by atoms with Gasteiger partial charge in [0.25, 0.3) is 5.91 Å². The predicted molar refractivity (Wildman–Crippen MR) is 76.1 cm³/mol. The summed E-state index contributed by atoms with van der Waals surface area (Å²) in [7, 11) is 0. The molecule has 1 aromatic rings. The molecular weight excluding hydrogens is 270 g/mol. The molecule has 112 valence electrons. The first-order valence-electron chi connectivity index (χ1n) is 7.32. The van der Waals surface area contributed by atoms with Crippen LogP contribution in [0.2, 0.25) is 0 Å². The van der Waals surface area contributed by atoms with E-state index in [2.05, 4.69) is 0 Å². The molecule has 2 fully saturated rings. The van der Waals surface area contributed by atoms with E-state index in [0.717, 1.165) is 24.8 Å². The van der Waals surface area contributed by atoms with Crippen LogP contribution in [0.3, 0.4) is 0 Å². The number of aromatic hydroxyl groups is 1. The highest BCUT2D eigenvalue weighted by Crippen LogP contribution is 2.43. The Bertz CT molecular complexity index is 598. The van der Waals surface area contributed by atoms with Crippen LogP contribution in [-0.2, 0) is 4.79 Å². The SMILES string of the molecule is Cc1ccc(C(=O)N2C[C@@H]3CCC[C@H]3[C@H]2C(=O)O)c(O)c1. The van der Waals surface area contributed by atoms with E-state index in [1.54, 1.807) is 12.1 Å². The number of carboxylic acid groups (broad SMARTS) is 1. The van der Waals surface area contributed by atoms with Crippen molar-refractivity contribution < 1.29 is 19.8 Å². The largest absolute Gasteiger partial charge is 0.507 e. The highest BCUT2D eigenvalue weighted by Gasteiger charge is 2.49. The van der Waals surface area contributed by atoms with Gasteiger partial charge >= 0.3 is 5.97 Å². The second-order valence-electron chi connectivity index (χ2n) is 6.12. The molecule has 2 aliphatic rings. The van der Waals surface area contributed by atoms with Crippen molar-refractivity contribution in [1.29, 1.82) is 0 Å². The summed E-state index contributed by atoms with van der Waals surface area (Å²) < 4.78 is 0. The number of fused-ring (bicyclic) bond motifs is 1. The maximum absolute atomic E-state index is 12.6. The lowest BCUT2D eigenvalue weighted by molar-refractivity contribution is -0.142. The molecule has 3 rings (SSSR count). The van der Waals surface area contributed by atoms with E-state index in [1.165, 1.54) is 11.0 Å². The minimum atomic E-state index is -0.940. The average molecular weight is 289 g/mol. The van der Waals surface area contributed by atoms with Crippen LogP contribution in [-0.4, -0.2) is 39.6 Å². The van der Waals surface area contributed by atoms with Gasteiger partial charge in [0.05, 0.1) is 5.56 Å². The number of carbonyl (C=O) groups is 2. The number of amides is 1. The zero-order valence-electron chi connectivity index (χ0n) is 12.0. The molecule has 1 heterocycles. The van der Waals surface area contributed by atoms with Crippen molar-refractivity contribution in [3.05, 3.63) is 29.3 Å². The van der Waals surface area contributed by atoms with Crippen molar-refractivity contribution in [2.75, 3.05) is 6.54 Å². The third-order valence-electron chi connectivity index (χ3n) is 4.79. The monoisotopic (exact) mass is 289 g/mol. The van der Waals surface area contributed by atoms with Gasteiger partial charge in [-0.3, -0.25) is 4.79 Å². The number of rotatable bonds is 2. The molecule has 3 atom stereocenters. The maximum atomic E-state index is 12.6. The third-order valence-corrected chi connectivity index (χ3v) is 4.79. The topological polar surface area (TPSA) is 77.8 Å². The third kappa shape index (κ3) is 2.26. The molecule has 1 amide bonds. The van der Waals surface area contributed by atoms with Gasteiger partial charge in [-0.1, -0.05) is 12.5 Å². The van der Waals surface area contributed by atoms with Crippen LogP contribution in [0.25, 0.3) is 0 Å². The summed E-state index contributed by atoms with van der Waals surface area (Å²) in [6, 6.07) is 4.09. The maximum Gasteiger partial charge on any atom is 0.326 e. The number of carbonyl (C=O) groups excluding carboxylic acids is 1. The molecule has 1 saturated carbocycles. The van der Waals surface area contributed by atoms with Crippen molar-refractivity contribution in [2.45, 2.75) is 32.2 Å². The Labute approximate surface area is 123 Å². The smallest absolute Gasteiger partial charge is 0.326 e. The van der Waals surface area contributed by atoms with Gasteiger partial charge in [0.15, 0.2) is 0 Å². The Kier molecular flexibility index (Phi) is 3.35. The summed E-state index contributed by atoms with van der Waals surface area (Å²) in [5.74, 6) is -1.07. The van der Waals surface area contributed by atoms with E-state index in [4.69, 9.17) is 0 Å². The first-order valence-corrected chi connectivity index (χ1v) is 7.32. The molecule has 0 unspecified atom stereocenters.